The van der Waals surface area contributed by atoms with Crippen molar-refractivity contribution in [2.75, 3.05) is 38.5 Å². The maximum atomic E-state index is 13.5. The molecule has 1 unspecified atom stereocenters. The van der Waals surface area contributed by atoms with Crippen molar-refractivity contribution in [3.63, 3.8) is 0 Å². The summed E-state index contributed by atoms with van der Waals surface area (Å²) in [4.78, 5) is 14.4. The molecule has 26 heavy (non-hydrogen) atoms. The zero-order valence-electron chi connectivity index (χ0n) is 14.9. The summed E-state index contributed by atoms with van der Waals surface area (Å²) in [5, 5.41) is 3.24. The molecule has 1 N–H and O–H groups in total. The second kappa shape index (κ2) is 8.45. The lowest BCUT2D eigenvalue weighted by Gasteiger charge is -2.36. The zero-order chi connectivity index (χ0) is 18.6. The maximum Gasteiger partial charge on any atom is 0.223 e. The standard InChI is InChI=1S/C18H26FN3O3S/c19-16-6-3-5-15(13-16)17-14-20-8-11-22(17)18(23)7-4-12-26(24,25)21-9-1-2-10-21/h3,5-6,13,17,20H,1-2,4,7-12,14H2. The smallest absolute Gasteiger partial charge is 0.223 e. The minimum atomic E-state index is -3.26. The first-order valence-corrected chi connectivity index (χ1v) is 10.8. The second-order valence-electron chi connectivity index (χ2n) is 6.89. The summed E-state index contributed by atoms with van der Waals surface area (Å²) < 4.78 is 39.6. The Kier molecular flexibility index (Phi) is 6.26. The fourth-order valence-electron chi connectivity index (χ4n) is 3.66. The van der Waals surface area contributed by atoms with E-state index >= 15 is 0 Å². The molecule has 2 aliphatic rings. The van der Waals surface area contributed by atoms with Crippen LogP contribution in [0.25, 0.3) is 0 Å². The minimum Gasteiger partial charge on any atom is -0.333 e. The van der Waals surface area contributed by atoms with Crippen LogP contribution in [-0.2, 0) is 14.8 Å². The van der Waals surface area contributed by atoms with Crippen molar-refractivity contribution >= 4 is 15.9 Å². The van der Waals surface area contributed by atoms with Crippen molar-refractivity contribution in [3.05, 3.63) is 35.6 Å². The molecule has 0 bridgehead atoms. The van der Waals surface area contributed by atoms with Crippen LogP contribution in [0.15, 0.2) is 24.3 Å². The summed E-state index contributed by atoms with van der Waals surface area (Å²) in [7, 11) is -3.26. The van der Waals surface area contributed by atoms with E-state index in [-0.39, 0.29) is 29.9 Å². The fourth-order valence-corrected chi connectivity index (χ4v) is 5.24. The molecule has 0 aromatic heterocycles. The van der Waals surface area contributed by atoms with Crippen molar-refractivity contribution in [1.82, 2.24) is 14.5 Å². The molecule has 1 aromatic rings. The molecule has 2 heterocycles. The van der Waals surface area contributed by atoms with Gasteiger partial charge in [0.2, 0.25) is 15.9 Å². The van der Waals surface area contributed by atoms with Gasteiger partial charge in [0.05, 0.1) is 11.8 Å². The molecular weight excluding hydrogens is 357 g/mol. The molecule has 2 aliphatic heterocycles. The van der Waals surface area contributed by atoms with E-state index < -0.39 is 10.0 Å². The molecule has 0 spiro atoms. The molecular formula is C18H26FN3O3S. The van der Waals surface area contributed by atoms with Crippen molar-refractivity contribution in [2.24, 2.45) is 0 Å². The lowest BCUT2D eigenvalue weighted by Crippen LogP contribution is -2.48. The Morgan fingerprint density at radius 1 is 1.23 bits per heavy atom. The van der Waals surface area contributed by atoms with Crippen LogP contribution in [-0.4, -0.2) is 62.0 Å². The van der Waals surface area contributed by atoms with Crippen LogP contribution >= 0.6 is 0 Å². The Bertz CT molecular complexity index is 735. The van der Waals surface area contributed by atoms with Crippen molar-refractivity contribution in [2.45, 2.75) is 31.7 Å². The molecule has 6 nitrogen and oxygen atoms in total. The van der Waals surface area contributed by atoms with Gasteiger partial charge in [-0.3, -0.25) is 4.79 Å². The Hall–Kier alpha value is -1.51. The quantitative estimate of drug-likeness (QED) is 0.808. The third kappa shape index (κ3) is 4.61. The van der Waals surface area contributed by atoms with Gasteiger partial charge in [0.15, 0.2) is 0 Å². The Morgan fingerprint density at radius 2 is 2.00 bits per heavy atom. The van der Waals surface area contributed by atoms with Crippen LogP contribution < -0.4 is 5.32 Å². The average Bonchev–Trinajstić information content (AvgIpc) is 3.17. The minimum absolute atomic E-state index is 0.00939. The molecule has 2 saturated heterocycles. The summed E-state index contributed by atoms with van der Waals surface area (Å²) in [6.45, 7) is 2.98. The van der Waals surface area contributed by atoms with Gasteiger partial charge < -0.3 is 10.2 Å². The summed E-state index contributed by atoms with van der Waals surface area (Å²) >= 11 is 0. The number of piperazine rings is 1. The van der Waals surface area contributed by atoms with Crippen LogP contribution in [0.5, 0.6) is 0 Å². The average molecular weight is 383 g/mol. The van der Waals surface area contributed by atoms with Gasteiger partial charge in [-0.2, -0.15) is 0 Å². The largest absolute Gasteiger partial charge is 0.333 e. The first-order valence-electron chi connectivity index (χ1n) is 9.21. The van der Waals surface area contributed by atoms with Gasteiger partial charge in [0.1, 0.15) is 5.82 Å². The Morgan fingerprint density at radius 3 is 2.73 bits per heavy atom. The van der Waals surface area contributed by atoms with E-state index in [2.05, 4.69) is 5.32 Å². The van der Waals surface area contributed by atoms with E-state index in [9.17, 15) is 17.6 Å². The summed E-state index contributed by atoms with van der Waals surface area (Å²) in [6.07, 6.45) is 2.33. The molecule has 1 atom stereocenters. The highest BCUT2D eigenvalue weighted by Crippen LogP contribution is 2.24. The Balaban J connectivity index is 1.58. The van der Waals surface area contributed by atoms with Crippen LogP contribution in [0.4, 0.5) is 4.39 Å². The molecule has 1 aromatic carbocycles. The Labute approximate surface area is 154 Å². The van der Waals surface area contributed by atoms with E-state index in [1.54, 1.807) is 11.0 Å². The molecule has 3 rings (SSSR count). The lowest BCUT2D eigenvalue weighted by atomic mass is 10.0. The van der Waals surface area contributed by atoms with Crippen molar-refractivity contribution in [1.29, 1.82) is 0 Å². The molecule has 2 fully saturated rings. The van der Waals surface area contributed by atoms with E-state index in [0.717, 1.165) is 18.4 Å². The van der Waals surface area contributed by atoms with Gasteiger partial charge in [-0.15, -0.1) is 0 Å². The van der Waals surface area contributed by atoms with Gasteiger partial charge in [0.25, 0.3) is 0 Å². The highest BCUT2D eigenvalue weighted by Gasteiger charge is 2.29. The molecule has 0 radical (unpaired) electrons. The number of nitrogens with zero attached hydrogens (tertiary/aromatic N) is 2. The van der Waals surface area contributed by atoms with E-state index in [1.165, 1.54) is 16.4 Å². The second-order valence-corrected chi connectivity index (χ2v) is 8.98. The van der Waals surface area contributed by atoms with Crippen molar-refractivity contribution < 1.29 is 17.6 Å². The first-order chi connectivity index (χ1) is 12.5. The number of rotatable bonds is 6. The van der Waals surface area contributed by atoms with Crippen molar-refractivity contribution in [3.8, 4) is 0 Å². The summed E-state index contributed by atoms with van der Waals surface area (Å²) in [6, 6.07) is 6.08. The van der Waals surface area contributed by atoms with Gasteiger partial charge in [-0.25, -0.2) is 17.1 Å². The molecule has 1 amide bonds. The molecule has 0 saturated carbocycles. The molecule has 8 heteroatoms. The number of nitrogens with one attached hydrogen (secondary N) is 1. The topological polar surface area (TPSA) is 69.7 Å². The number of amides is 1. The van der Waals surface area contributed by atoms with Crippen LogP contribution in [0.3, 0.4) is 0 Å². The maximum absolute atomic E-state index is 13.5. The first kappa shape index (κ1) is 19.3. The summed E-state index contributed by atoms with van der Waals surface area (Å²) in [5.41, 5.74) is 0.759. The monoisotopic (exact) mass is 383 g/mol. The highest BCUT2D eigenvalue weighted by atomic mass is 32.2. The predicted molar refractivity (Wildman–Crippen MR) is 97.6 cm³/mol. The fraction of sp³-hybridized carbons (Fsp3) is 0.611. The lowest BCUT2D eigenvalue weighted by molar-refractivity contribution is -0.134. The number of halogens is 1. The summed E-state index contributed by atoms with van der Waals surface area (Å²) in [5.74, 6) is -0.385. The number of sulfonamides is 1. The number of carbonyl (C=O) groups excluding carboxylic acids is 1. The van der Waals surface area contributed by atoms with Crippen LogP contribution in [0, 0.1) is 5.82 Å². The van der Waals surface area contributed by atoms with E-state index in [4.69, 9.17) is 0 Å². The molecule has 0 aliphatic carbocycles. The van der Waals surface area contributed by atoms with E-state index in [1.807, 2.05) is 6.07 Å². The number of hydrogen-bond acceptors (Lipinski definition) is 4. The van der Waals surface area contributed by atoms with Gasteiger partial charge in [0, 0.05) is 39.1 Å². The molecule has 144 valence electrons. The normalized spacial score (nSPS) is 21.9. The number of carbonyl (C=O) groups is 1. The third-order valence-corrected chi connectivity index (χ3v) is 7.01. The van der Waals surface area contributed by atoms with Gasteiger partial charge >= 0.3 is 0 Å². The van der Waals surface area contributed by atoms with Crippen LogP contribution in [0.1, 0.15) is 37.3 Å². The third-order valence-electron chi connectivity index (χ3n) is 5.05. The number of hydrogen-bond donors (Lipinski definition) is 1. The highest BCUT2D eigenvalue weighted by molar-refractivity contribution is 7.89. The van der Waals surface area contributed by atoms with Crippen LogP contribution in [0.2, 0.25) is 0 Å². The SMILES string of the molecule is O=C(CCCS(=O)(=O)N1CCCC1)N1CCNCC1c1cccc(F)c1. The zero-order valence-corrected chi connectivity index (χ0v) is 15.7. The number of benzene rings is 1. The van der Waals surface area contributed by atoms with E-state index in [0.29, 0.717) is 39.1 Å². The van der Waals surface area contributed by atoms with Gasteiger partial charge in [-0.05, 0) is 37.0 Å². The van der Waals surface area contributed by atoms with Gasteiger partial charge in [-0.1, -0.05) is 12.1 Å². The predicted octanol–water partition coefficient (Wildman–Crippen LogP) is 1.50.